The number of hydrogen-bond acceptors (Lipinski definition) is 6. The van der Waals surface area contributed by atoms with Gasteiger partial charge in [-0.15, -0.1) is 0 Å². The van der Waals surface area contributed by atoms with Crippen molar-refractivity contribution in [2.75, 3.05) is 27.2 Å². The zero-order valence-corrected chi connectivity index (χ0v) is 16.3. The molecule has 3 rings (SSSR count). The molecular weight excluding hydrogens is 364 g/mol. The zero-order valence-electron chi connectivity index (χ0n) is 16.3. The number of amides is 2. The van der Waals surface area contributed by atoms with Crippen LogP contribution in [0.15, 0.2) is 33.3 Å². The lowest BCUT2D eigenvalue weighted by Crippen LogP contribution is -2.43. The second kappa shape index (κ2) is 8.33. The largest absolute Gasteiger partial charge is 0.465 e. The molecule has 1 aliphatic heterocycles. The average Bonchev–Trinajstić information content (AvgIpc) is 3.36. The number of piperidine rings is 1. The molecule has 0 atom stereocenters. The molecule has 8 nitrogen and oxygen atoms in total. The van der Waals surface area contributed by atoms with Gasteiger partial charge in [0.05, 0.1) is 19.9 Å². The molecule has 0 aromatic carbocycles. The van der Waals surface area contributed by atoms with E-state index in [9.17, 15) is 14.4 Å². The van der Waals surface area contributed by atoms with Gasteiger partial charge >= 0.3 is 5.97 Å². The van der Waals surface area contributed by atoms with Crippen LogP contribution in [0, 0.1) is 12.8 Å². The summed E-state index contributed by atoms with van der Waals surface area (Å²) in [6.45, 7) is 2.97. The molecule has 0 saturated carbocycles. The quantitative estimate of drug-likeness (QED) is 0.731. The summed E-state index contributed by atoms with van der Waals surface area (Å²) in [6.07, 6.45) is 2.67. The Labute approximate surface area is 163 Å². The van der Waals surface area contributed by atoms with E-state index < -0.39 is 5.97 Å². The van der Waals surface area contributed by atoms with Gasteiger partial charge in [-0.05, 0) is 38.0 Å². The second-order valence-electron chi connectivity index (χ2n) is 6.91. The molecule has 0 bridgehead atoms. The normalized spacial score (nSPS) is 14.8. The summed E-state index contributed by atoms with van der Waals surface area (Å²) in [7, 11) is 3.02. The van der Waals surface area contributed by atoms with Crippen LogP contribution in [0.1, 0.15) is 45.3 Å². The predicted octanol–water partition coefficient (Wildman–Crippen LogP) is 2.48. The number of ether oxygens (including phenoxy) is 1. The third-order valence-corrected chi connectivity index (χ3v) is 5.01. The Hall–Kier alpha value is -3.03. The number of nitrogens with zero attached hydrogens (tertiary/aromatic N) is 2. The van der Waals surface area contributed by atoms with E-state index in [1.165, 1.54) is 13.4 Å². The van der Waals surface area contributed by atoms with E-state index in [1.807, 2.05) is 0 Å². The summed E-state index contributed by atoms with van der Waals surface area (Å²) >= 11 is 0. The van der Waals surface area contributed by atoms with E-state index >= 15 is 0 Å². The van der Waals surface area contributed by atoms with Crippen LogP contribution in [0.4, 0.5) is 0 Å². The minimum Gasteiger partial charge on any atom is -0.465 e. The van der Waals surface area contributed by atoms with Gasteiger partial charge in [-0.3, -0.25) is 9.59 Å². The number of methoxy groups -OCH3 is 1. The highest BCUT2D eigenvalue weighted by molar-refractivity contribution is 5.92. The molecule has 2 aromatic heterocycles. The van der Waals surface area contributed by atoms with Gasteiger partial charge in [-0.1, -0.05) is 0 Å². The lowest BCUT2D eigenvalue weighted by atomic mass is 9.95. The molecule has 8 heteroatoms. The Kier molecular flexibility index (Phi) is 5.87. The lowest BCUT2D eigenvalue weighted by molar-refractivity contribution is -0.136. The zero-order chi connectivity index (χ0) is 20.3. The third-order valence-electron chi connectivity index (χ3n) is 5.01. The summed E-state index contributed by atoms with van der Waals surface area (Å²) in [6, 6.07) is 4.93. The second-order valence-corrected chi connectivity index (χ2v) is 6.91. The van der Waals surface area contributed by atoms with Crippen LogP contribution in [0.3, 0.4) is 0 Å². The molecule has 1 saturated heterocycles. The molecule has 0 spiro atoms. The van der Waals surface area contributed by atoms with Crippen molar-refractivity contribution in [1.29, 1.82) is 0 Å². The van der Waals surface area contributed by atoms with Crippen molar-refractivity contribution < 1.29 is 28.0 Å². The van der Waals surface area contributed by atoms with Gasteiger partial charge in [0.15, 0.2) is 5.76 Å². The van der Waals surface area contributed by atoms with Gasteiger partial charge in [0.1, 0.15) is 17.1 Å². The van der Waals surface area contributed by atoms with E-state index in [4.69, 9.17) is 13.6 Å². The van der Waals surface area contributed by atoms with Crippen molar-refractivity contribution in [3.63, 3.8) is 0 Å². The first kappa shape index (κ1) is 19.7. The Balaban J connectivity index is 1.55. The summed E-state index contributed by atoms with van der Waals surface area (Å²) in [5.41, 5.74) is 0.364. The van der Waals surface area contributed by atoms with Gasteiger partial charge in [0, 0.05) is 26.1 Å². The number of carbonyl (C=O) groups excluding carboxylic acids is 3. The molecule has 0 N–H and O–H groups in total. The van der Waals surface area contributed by atoms with E-state index in [2.05, 4.69) is 0 Å². The van der Waals surface area contributed by atoms with Crippen molar-refractivity contribution in [2.45, 2.75) is 26.3 Å². The fraction of sp³-hybridized carbons (Fsp3) is 0.450. The van der Waals surface area contributed by atoms with Crippen molar-refractivity contribution in [1.82, 2.24) is 9.80 Å². The number of rotatable bonds is 5. The molecular formula is C20H24N2O6. The van der Waals surface area contributed by atoms with Crippen LogP contribution in [0.25, 0.3) is 0 Å². The topological polar surface area (TPSA) is 93.2 Å². The van der Waals surface area contributed by atoms with Crippen LogP contribution < -0.4 is 0 Å². The maximum absolute atomic E-state index is 12.8. The Bertz CT molecular complexity index is 846. The summed E-state index contributed by atoms with van der Waals surface area (Å²) in [5, 5.41) is 0. The first-order valence-corrected chi connectivity index (χ1v) is 9.16. The summed E-state index contributed by atoms with van der Waals surface area (Å²) in [4.78, 5) is 40.1. The average molecular weight is 388 g/mol. The molecule has 2 amide bonds. The molecule has 1 aliphatic rings. The van der Waals surface area contributed by atoms with Crippen molar-refractivity contribution in [2.24, 2.45) is 5.92 Å². The minimum atomic E-state index is -0.463. The van der Waals surface area contributed by atoms with Crippen LogP contribution in [0.5, 0.6) is 0 Å². The van der Waals surface area contributed by atoms with Crippen molar-refractivity contribution >= 4 is 17.8 Å². The van der Waals surface area contributed by atoms with Gasteiger partial charge in [0.25, 0.3) is 5.91 Å². The third kappa shape index (κ3) is 4.11. The number of esters is 1. The lowest BCUT2D eigenvalue weighted by Gasteiger charge is -2.32. The van der Waals surface area contributed by atoms with E-state index in [0.29, 0.717) is 48.8 Å². The highest BCUT2D eigenvalue weighted by Crippen LogP contribution is 2.23. The molecule has 3 heterocycles. The fourth-order valence-corrected chi connectivity index (χ4v) is 3.44. The number of hydrogen-bond donors (Lipinski definition) is 0. The predicted molar refractivity (Wildman–Crippen MR) is 98.6 cm³/mol. The maximum atomic E-state index is 12.8. The SMILES string of the molecule is COC(=O)c1cc(CN(C)C(=O)C2CCN(C(=O)c3ccco3)CC2)oc1C. The molecule has 0 aliphatic carbocycles. The Morgan fingerprint density at radius 3 is 2.61 bits per heavy atom. The molecule has 28 heavy (non-hydrogen) atoms. The van der Waals surface area contributed by atoms with Crippen LogP contribution in [-0.2, 0) is 16.1 Å². The van der Waals surface area contributed by atoms with Gasteiger partial charge < -0.3 is 23.4 Å². The number of furan rings is 2. The number of carbonyl (C=O) groups is 3. The van der Waals surface area contributed by atoms with Crippen molar-refractivity contribution in [3.05, 3.63) is 47.3 Å². The highest BCUT2D eigenvalue weighted by atomic mass is 16.5. The number of aryl methyl sites for hydroxylation is 1. The van der Waals surface area contributed by atoms with E-state index in [0.717, 1.165) is 0 Å². The highest BCUT2D eigenvalue weighted by Gasteiger charge is 2.30. The Morgan fingerprint density at radius 2 is 2.00 bits per heavy atom. The van der Waals surface area contributed by atoms with Crippen molar-refractivity contribution in [3.8, 4) is 0 Å². The van der Waals surface area contributed by atoms with E-state index in [1.54, 1.807) is 42.0 Å². The first-order chi connectivity index (χ1) is 13.4. The molecule has 150 valence electrons. The fourth-order valence-electron chi connectivity index (χ4n) is 3.44. The molecule has 2 aromatic rings. The Morgan fingerprint density at radius 1 is 1.29 bits per heavy atom. The van der Waals surface area contributed by atoms with Crippen LogP contribution >= 0.6 is 0 Å². The van der Waals surface area contributed by atoms with Crippen LogP contribution in [0.2, 0.25) is 0 Å². The number of likely N-dealkylation sites (tertiary alicyclic amines) is 1. The van der Waals surface area contributed by atoms with Gasteiger partial charge in [-0.2, -0.15) is 0 Å². The molecule has 0 radical (unpaired) electrons. The summed E-state index contributed by atoms with van der Waals surface area (Å²) in [5.74, 6) is 0.546. The smallest absolute Gasteiger partial charge is 0.341 e. The van der Waals surface area contributed by atoms with Crippen LogP contribution in [-0.4, -0.2) is 54.8 Å². The van der Waals surface area contributed by atoms with Gasteiger partial charge in [-0.25, -0.2) is 4.79 Å². The summed E-state index contributed by atoms with van der Waals surface area (Å²) < 4.78 is 15.4. The van der Waals surface area contributed by atoms with Gasteiger partial charge in [0.2, 0.25) is 5.91 Å². The standard InChI is InChI=1S/C20H24N2O6/c1-13-16(20(25)26-3)11-15(28-13)12-21(2)18(23)14-6-8-22(9-7-14)19(24)17-5-4-10-27-17/h4-5,10-11,14H,6-9,12H2,1-3H3. The van der Waals surface area contributed by atoms with E-state index in [-0.39, 0.29) is 24.3 Å². The molecule has 1 fully saturated rings. The molecule has 0 unspecified atom stereocenters. The maximum Gasteiger partial charge on any atom is 0.341 e. The minimum absolute atomic E-state index is 0.00114. The first-order valence-electron chi connectivity index (χ1n) is 9.16. The monoisotopic (exact) mass is 388 g/mol.